The van der Waals surface area contributed by atoms with Gasteiger partial charge >= 0.3 is 5.97 Å². The number of aliphatic carboxylic acids is 1. The number of carboxylic acid groups (broad SMARTS) is 1. The molecule has 1 N–H and O–H groups in total. The van der Waals surface area contributed by atoms with Crippen molar-refractivity contribution in [1.29, 1.82) is 5.26 Å². The molecule has 1 aliphatic heterocycles. The zero-order chi connectivity index (χ0) is 25.9. The van der Waals surface area contributed by atoms with E-state index in [1.807, 2.05) is 0 Å². The summed E-state index contributed by atoms with van der Waals surface area (Å²) in [5.41, 5.74) is 1.83. The third-order valence-electron chi connectivity index (χ3n) is 5.78. The molecule has 0 saturated heterocycles. The lowest BCUT2D eigenvalue weighted by Gasteiger charge is -2.35. The molecule has 184 valence electrons. The second-order valence-corrected chi connectivity index (χ2v) is 10.3. The molecule has 0 unspecified atom stereocenters. The molecule has 0 fully saturated rings. The number of nitrogens with zero attached hydrogens (tertiary/aromatic N) is 2. The third-order valence-corrected chi connectivity index (χ3v) is 7.55. The Morgan fingerprint density at radius 2 is 1.97 bits per heavy atom. The van der Waals surface area contributed by atoms with Gasteiger partial charge in [0.15, 0.2) is 0 Å². The molecular weight excluding hydrogens is 483 g/mol. The number of carbonyl (C=O) groups is 1. The maximum atomic E-state index is 14.4. The highest BCUT2D eigenvalue weighted by Crippen LogP contribution is 2.39. The molecule has 3 aromatic carbocycles. The summed E-state index contributed by atoms with van der Waals surface area (Å²) in [4.78, 5) is 11.2. The fraction of sp³-hybridized carbons (Fsp3) is 0.185. The Hall–Kier alpha value is -4.16. The molecule has 1 aliphatic rings. The van der Waals surface area contributed by atoms with Gasteiger partial charge in [0, 0.05) is 12.0 Å². The lowest BCUT2D eigenvalue weighted by atomic mass is 10.1. The molecule has 36 heavy (non-hydrogen) atoms. The highest BCUT2D eigenvalue weighted by atomic mass is 32.2. The second kappa shape index (κ2) is 10.2. The minimum absolute atomic E-state index is 0.0530. The van der Waals surface area contributed by atoms with Gasteiger partial charge in [-0.15, -0.1) is 0 Å². The zero-order valence-electron chi connectivity index (χ0n) is 19.4. The van der Waals surface area contributed by atoms with Crippen LogP contribution < -0.4 is 9.04 Å². The van der Waals surface area contributed by atoms with E-state index >= 15 is 0 Å². The van der Waals surface area contributed by atoms with Crippen molar-refractivity contribution in [1.82, 2.24) is 0 Å². The number of sulfonamides is 1. The summed E-state index contributed by atoms with van der Waals surface area (Å²) >= 11 is 0. The third kappa shape index (κ3) is 5.24. The summed E-state index contributed by atoms with van der Waals surface area (Å²) in [7, 11) is -3.98. The molecule has 9 heteroatoms. The van der Waals surface area contributed by atoms with Gasteiger partial charge in [-0.1, -0.05) is 42.5 Å². The Kier molecular flexibility index (Phi) is 7.08. The number of benzene rings is 3. The van der Waals surface area contributed by atoms with Crippen molar-refractivity contribution in [3.8, 4) is 11.8 Å². The van der Waals surface area contributed by atoms with E-state index in [1.54, 1.807) is 61.5 Å². The molecule has 0 spiro atoms. The smallest absolute Gasteiger partial charge is 0.303 e. The van der Waals surface area contributed by atoms with Crippen LogP contribution in [0.2, 0.25) is 0 Å². The summed E-state index contributed by atoms with van der Waals surface area (Å²) in [6.45, 7) is 1.74. The fourth-order valence-electron chi connectivity index (χ4n) is 3.95. The maximum Gasteiger partial charge on any atom is 0.303 e. The van der Waals surface area contributed by atoms with Crippen LogP contribution in [0.1, 0.15) is 35.1 Å². The van der Waals surface area contributed by atoms with Gasteiger partial charge in [-0.2, -0.15) is 5.26 Å². The first-order valence-corrected chi connectivity index (χ1v) is 12.6. The summed E-state index contributed by atoms with van der Waals surface area (Å²) in [5.74, 6) is -1.32. The molecule has 0 aromatic heterocycles. The van der Waals surface area contributed by atoms with Gasteiger partial charge in [-0.05, 0) is 54.8 Å². The Morgan fingerprint density at radius 3 is 2.69 bits per heavy atom. The number of carboxylic acids is 1. The van der Waals surface area contributed by atoms with E-state index in [9.17, 15) is 17.6 Å². The van der Waals surface area contributed by atoms with E-state index in [4.69, 9.17) is 15.1 Å². The van der Waals surface area contributed by atoms with Gasteiger partial charge in [0.05, 0.1) is 22.7 Å². The van der Waals surface area contributed by atoms with Crippen LogP contribution in [0.4, 0.5) is 10.1 Å². The number of ether oxygens (including phenoxy) is 1. The number of rotatable bonds is 7. The van der Waals surface area contributed by atoms with E-state index in [2.05, 4.69) is 0 Å². The van der Waals surface area contributed by atoms with Crippen molar-refractivity contribution in [2.75, 3.05) is 10.8 Å². The summed E-state index contributed by atoms with van der Waals surface area (Å²) in [6.07, 6.45) is 2.47. The van der Waals surface area contributed by atoms with Gasteiger partial charge in [0.1, 0.15) is 23.7 Å². The van der Waals surface area contributed by atoms with E-state index in [1.165, 1.54) is 28.6 Å². The first kappa shape index (κ1) is 24.9. The van der Waals surface area contributed by atoms with Crippen LogP contribution in [0.5, 0.6) is 5.75 Å². The Balaban J connectivity index is 1.74. The first-order valence-electron chi connectivity index (χ1n) is 11.2. The van der Waals surface area contributed by atoms with Gasteiger partial charge in [-0.3, -0.25) is 9.10 Å². The van der Waals surface area contributed by atoms with Crippen molar-refractivity contribution in [2.45, 2.75) is 30.8 Å². The van der Waals surface area contributed by atoms with E-state index in [-0.39, 0.29) is 35.4 Å². The molecule has 0 aliphatic carbocycles. The molecule has 7 nitrogen and oxygen atoms in total. The fourth-order valence-corrected chi connectivity index (χ4v) is 5.55. The Labute approximate surface area is 208 Å². The summed E-state index contributed by atoms with van der Waals surface area (Å²) in [6, 6.07) is 17.8. The summed E-state index contributed by atoms with van der Waals surface area (Å²) < 4.78 is 48.9. The van der Waals surface area contributed by atoms with Crippen molar-refractivity contribution in [3.63, 3.8) is 0 Å². The molecule has 0 radical (unpaired) electrons. The molecule has 0 amide bonds. The zero-order valence-corrected chi connectivity index (χ0v) is 20.2. The topological polar surface area (TPSA) is 108 Å². The van der Waals surface area contributed by atoms with Crippen molar-refractivity contribution in [3.05, 3.63) is 88.7 Å². The minimum Gasteiger partial charge on any atom is -0.486 e. The molecule has 4 rings (SSSR count). The van der Waals surface area contributed by atoms with Crippen molar-refractivity contribution in [2.24, 2.45) is 0 Å². The van der Waals surface area contributed by atoms with E-state index in [0.29, 0.717) is 17.0 Å². The number of hydrogen-bond donors (Lipinski definition) is 1. The SMILES string of the molecule is Cc1cccc(S(=O)(=O)N2C[C@H](CCC(=O)O)Oc3ccc(/C=C/c4cccc(C#N)c4F)cc32)c1. The average molecular weight is 507 g/mol. The molecule has 0 saturated carbocycles. The van der Waals surface area contributed by atoms with Crippen LogP contribution in [0.25, 0.3) is 12.2 Å². The Bertz CT molecular complexity index is 1490. The van der Waals surface area contributed by atoms with Crippen molar-refractivity contribution >= 4 is 33.8 Å². The lowest BCUT2D eigenvalue weighted by molar-refractivity contribution is -0.137. The second-order valence-electron chi connectivity index (χ2n) is 8.41. The van der Waals surface area contributed by atoms with Crippen LogP contribution in [-0.4, -0.2) is 32.1 Å². The normalized spacial score (nSPS) is 15.2. The van der Waals surface area contributed by atoms with Crippen LogP contribution in [0, 0.1) is 24.1 Å². The number of fused-ring (bicyclic) bond motifs is 1. The first-order chi connectivity index (χ1) is 17.2. The van der Waals surface area contributed by atoms with Crippen molar-refractivity contribution < 1.29 is 27.4 Å². The number of aryl methyl sites for hydroxylation is 1. The standard InChI is InChI=1S/C27H23FN2O5S/c1-18-4-2-7-23(14-18)36(33,34)30-17-22(11-13-26(31)32)35-25-12-9-19(15-24(25)30)8-10-20-5-3-6-21(16-29)27(20)28/h2-10,12,14-15,22H,11,13,17H2,1H3,(H,31,32)/b10-8+/t22-/m0/s1. The quantitative estimate of drug-likeness (QED) is 0.452. The predicted molar refractivity (Wildman–Crippen MR) is 133 cm³/mol. The molecule has 1 heterocycles. The van der Waals surface area contributed by atoms with E-state index in [0.717, 1.165) is 5.56 Å². The van der Waals surface area contributed by atoms with Crippen LogP contribution >= 0.6 is 0 Å². The molecule has 1 atom stereocenters. The van der Waals surface area contributed by atoms with Crippen LogP contribution in [-0.2, 0) is 14.8 Å². The largest absolute Gasteiger partial charge is 0.486 e. The number of nitriles is 1. The van der Waals surface area contributed by atoms with Gasteiger partial charge in [0.25, 0.3) is 10.0 Å². The van der Waals surface area contributed by atoms with Gasteiger partial charge in [0.2, 0.25) is 0 Å². The molecular formula is C27H23FN2O5S. The van der Waals surface area contributed by atoms with E-state index < -0.39 is 27.9 Å². The average Bonchev–Trinajstić information content (AvgIpc) is 2.86. The highest BCUT2D eigenvalue weighted by Gasteiger charge is 2.35. The number of anilines is 1. The van der Waals surface area contributed by atoms with Crippen LogP contribution in [0.3, 0.4) is 0 Å². The monoisotopic (exact) mass is 506 g/mol. The van der Waals surface area contributed by atoms with Gasteiger partial charge < -0.3 is 9.84 Å². The molecule has 3 aromatic rings. The lowest BCUT2D eigenvalue weighted by Crippen LogP contribution is -2.43. The van der Waals surface area contributed by atoms with Crippen LogP contribution in [0.15, 0.2) is 65.6 Å². The Morgan fingerprint density at radius 1 is 1.19 bits per heavy atom. The van der Waals surface area contributed by atoms with Gasteiger partial charge in [-0.25, -0.2) is 12.8 Å². The molecule has 0 bridgehead atoms. The number of hydrogen-bond acceptors (Lipinski definition) is 5. The highest BCUT2D eigenvalue weighted by molar-refractivity contribution is 7.92. The predicted octanol–water partition coefficient (Wildman–Crippen LogP) is 5.00. The number of halogens is 1. The maximum absolute atomic E-state index is 14.4. The summed E-state index contributed by atoms with van der Waals surface area (Å²) in [5, 5.41) is 18.1. The minimum atomic E-state index is -3.98.